The Morgan fingerprint density at radius 1 is 1.07 bits per heavy atom. The maximum atomic E-state index is 11.9. The molecular weight excluding hydrogens is 376 g/mol. The number of hydrogen-bond acceptors (Lipinski definition) is 6. The van der Waals surface area contributed by atoms with Crippen molar-refractivity contribution in [2.75, 3.05) is 30.3 Å². The minimum atomic E-state index is -0.487. The van der Waals surface area contributed by atoms with Crippen LogP contribution in [-0.2, 0) is 11.3 Å². The van der Waals surface area contributed by atoms with Crippen molar-refractivity contribution < 1.29 is 9.59 Å². The molecule has 3 amide bonds. The van der Waals surface area contributed by atoms with Gasteiger partial charge in [0, 0.05) is 37.4 Å². The molecule has 2 aromatic rings. The van der Waals surface area contributed by atoms with E-state index >= 15 is 0 Å². The van der Waals surface area contributed by atoms with Crippen LogP contribution in [0.3, 0.4) is 0 Å². The molecule has 0 aliphatic rings. The van der Waals surface area contributed by atoms with E-state index in [0.717, 1.165) is 24.5 Å². The average Bonchev–Trinajstić information content (AvgIpc) is 3.11. The fraction of sp³-hybridized carbons (Fsp3) is 0.474. The molecule has 0 aliphatic heterocycles. The number of carbonyl (C=O) groups excluding carboxylic acids is 2. The van der Waals surface area contributed by atoms with Crippen LogP contribution in [0.1, 0.15) is 27.7 Å². The third-order valence-electron chi connectivity index (χ3n) is 4.21. The average molecular weight is 405 g/mol. The molecule has 0 atom stereocenters. The van der Waals surface area contributed by atoms with Gasteiger partial charge in [0.25, 0.3) is 0 Å². The lowest BCUT2D eigenvalue weighted by Crippen LogP contribution is -2.40. The van der Waals surface area contributed by atoms with Crippen molar-refractivity contribution >= 4 is 29.4 Å². The van der Waals surface area contributed by atoms with Gasteiger partial charge in [0.15, 0.2) is 11.0 Å². The van der Waals surface area contributed by atoms with Crippen LogP contribution in [0.5, 0.6) is 0 Å². The Morgan fingerprint density at radius 3 is 2.32 bits per heavy atom. The second kappa shape index (κ2) is 10.7. The number of rotatable bonds is 9. The molecule has 2 rings (SSSR count). The summed E-state index contributed by atoms with van der Waals surface area (Å²) in [6.07, 6.45) is 0. The minimum Gasteiger partial charge on any atom is -0.372 e. The number of nitrogens with zero attached hydrogens (tertiary/aromatic N) is 4. The highest BCUT2D eigenvalue weighted by atomic mass is 32.2. The molecule has 0 saturated heterocycles. The van der Waals surface area contributed by atoms with Crippen LogP contribution < -0.4 is 15.5 Å². The Balaban J connectivity index is 2.09. The number of anilines is 1. The Morgan fingerprint density at radius 2 is 1.75 bits per heavy atom. The minimum absolute atomic E-state index is 0.0934. The van der Waals surface area contributed by atoms with E-state index < -0.39 is 6.03 Å². The summed E-state index contributed by atoms with van der Waals surface area (Å²) in [7, 11) is 0. The lowest BCUT2D eigenvalue weighted by Gasteiger charge is -2.21. The maximum Gasteiger partial charge on any atom is 0.321 e. The number of urea groups is 1. The third kappa shape index (κ3) is 5.48. The number of thioether (sulfide) groups is 1. The van der Waals surface area contributed by atoms with Gasteiger partial charge in [0.2, 0.25) is 5.91 Å². The largest absolute Gasteiger partial charge is 0.372 e. The summed E-state index contributed by atoms with van der Waals surface area (Å²) >= 11 is 1.26. The molecule has 0 fully saturated rings. The van der Waals surface area contributed by atoms with Crippen LogP contribution in [0.25, 0.3) is 11.4 Å². The number of benzene rings is 1. The summed E-state index contributed by atoms with van der Waals surface area (Å²) in [6, 6.07) is 7.77. The van der Waals surface area contributed by atoms with Crippen LogP contribution in [0.2, 0.25) is 0 Å². The van der Waals surface area contributed by atoms with Gasteiger partial charge < -0.3 is 14.8 Å². The molecule has 0 aliphatic carbocycles. The molecular formula is C19H28N6O2S. The molecule has 0 radical (unpaired) electrons. The van der Waals surface area contributed by atoms with Crippen LogP contribution in [0.15, 0.2) is 29.4 Å². The molecule has 1 heterocycles. The predicted molar refractivity (Wildman–Crippen MR) is 113 cm³/mol. The van der Waals surface area contributed by atoms with Gasteiger partial charge in [-0.3, -0.25) is 10.1 Å². The summed E-state index contributed by atoms with van der Waals surface area (Å²) in [5.74, 6) is 0.489. The van der Waals surface area contributed by atoms with Crippen molar-refractivity contribution in [1.29, 1.82) is 0 Å². The number of hydrogen-bond donors (Lipinski definition) is 2. The van der Waals surface area contributed by atoms with E-state index in [1.807, 2.05) is 23.6 Å². The maximum absolute atomic E-state index is 11.9. The first kappa shape index (κ1) is 21.7. The number of imide groups is 1. The predicted octanol–water partition coefficient (Wildman–Crippen LogP) is 2.75. The number of nitrogens with one attached hydrogen (secondary N) is 2. The smallest absolute Gasteiger partial charge is 0.321 e. The molecule has 1 aromatic carbocycles. The van der Waals surface area contributed by atoms with E-state index in [4.69, 9.17) is 0 Å². The van der Waals surface area contributed by atoms with Gasteiger partial charge in [-0.25, -0.2) is 4.79 Å². The van der Waals surface area contributed by atoms with Gasteiger partial charge in [0.1, 0.15) is 0 Å². The van der Waals surface area contributed by atoms with E-state index in [1.54, 1.807) is 6.92 Å². The van der Waals surface area contributed by atoms with Gasteiger partial charge in [0.05, 0.1) is 5.75 Å². The van der Waals surface area contributed by atoms with Crippen molar-refractivity contribution in [3.63, 3.8) is 0 Å². The molecule has 8 nitrogen and oxygen atoms in total. The van der Waals surface area contributed by atoms with Gasteiger partial charge >= 0.3 is 6.03 Å². The quantitative estimate of drug-likeness (QED) is 0.625. The summed E-state index contributed by atoms with van der Waals surface area (Å²) in [6.45, 7) is 11.1. The second-order valence-electron chi connectivity index (χ2n) is 5.97. The fourth-order valence-corrected chi connectivity index (χ4v) is 3.60. The Bertz CT molecular complexity index is 786. The molecule has 9 heteroatoms. The van der Waals surface area contributed by atoms with E-state index in [0.29, 0.717) is 18.2 Å². The Kier molecular flexibility index (Phi) is 8.31. The lowest BCUT2D eigenvalue weighted by atomic mass is 10.2. The van der Waals surface area contributed by atoms with E-state index in [2.05, 4.69) is 51.7 Å². The van der Waals surface area contributed by atoms with Crippen LogP contribution >= 0.6 is 11.8 Å². The second-order valence-corrected chi connectivity index (χ2v) is 6.91. The summed E-state index contributed by atoms with van der Waals surface area (Å²) < 4.78 is 1.97. The third-order valence-corrected chi connectivity index (χ3v) is 5.18. The SMILES string of the molecule is CCNC(=O)NC(=O)CSc1nnc(-c2ccc(N(CC)CC)cc2)n1CC. The Labute approximate surface area is 170 Å². The lowest BCUT2D eigenvalue weighted by molar-refractivity contribution is -0.117. The zero-order valence-electron chi connectivity index (χ0n) is 16.9. The first-order valence-electron chi connectivity index (χ1n) is 9.52. The first-order valence-corrected chi connectivity index (χ1v) is 10.5. The van der Waals surface area contributed by atoms with E-state index in [9.17, 15) is 9.59 Å². The number of carbonyl (C=O) groups is 2. The molecule has 2 N–H and O–H groups in total. The zero-order chi connectivity index (χ0) is 20.5. The number of amides is 3. The van der Waals surface area contributed by atoms with Crippen molar-refractivity contribution in [2.24, 2.45) is 0 Å². The van der Waals surface area contributed by atoms with Crippen molar-refractivity contribution in [1.82, 2.24) is 25.4 Å². The molecule has 0 unspecified atom stereocenters. The molecule has 152 valence electrons. The molecule has 28 heavy (non-hydrogen) atoms. The monoisotopic (exact) mass is 404 g/mol. The number of aromatic nitrogens is 3. The molecule has 0 spiro atoms. The molecule has 1 aromatic heterocycles. The topological polar surface area (TPSA) is 92.2 Å². The summed E-state index contributed by atoms with van der Waals surface area (Å²) in [4.78, 5) is 25.6. The highest BCUT2D eigenvalue weighted by Gasteiger charge is 2.15. The normalized spacial score (nSPS) is 10.6. The van der Waals surface area contributed by atoms with Crippen LogP contribution in [0.4, 0.5) is 10.5 Å². The van der Waals surface area contributed by atoms with Gasteiger partial charge in [-0.05, 0) is 52.0 Å². The van der Waals surface area contributed by atoms with Crippen molar-refractivity contribution in [3.8, 4) is 11.4 Å². The van der Waals surface area contributed by atoms with Gasteiger partial charge in [-0.2, -0.15) is 0 Å². The standard InChI is InChI=1S/C19H28N6O2S/c1-5-20-18(27)21-16(26)13-28-19-23-22-17(25(19)8-4)14-9-11-15(12-10-14)24(6-2)7-3/h9-12H,5-8,13H2,1-4H3,(H2,20,21,26,27). The Hall–Kier alpha value is -2.55. The van der Waals surface area contributed by atoms with E-state index in [1.165, 1.54) is 17.4 Å². The summed E-state index contributed by atoms with van der Waals surface area (Å²) in [5, 5.41) is 14.0. The first-order chi connectivity index (χ1) is 13.5. The highest BCUT2D eigenvalue weighted by Crippen LogP contribution is 2.26. The van der Waals surface area contributed by atoms with E-state index in [-0.39, 0.29) is 11.7 Å². The fourth-order valence-electron chi connectivity index (χ4n) is 2.80. The van der Waals surface area contributed by atoms with Gasteiger partial charge in [-0.15, -0.1) is 10.2 Å². The van der Waals surface area contributed by atoms with Crippen molar-refractivity contribution in [3.05, 3.63) is 24.3 Å². The van der Waals surface area contributed by atoms with Crippen LogP contribution in [-0.4, -0.2) is 52.1 Å². The molecule has 0 bridgehead atoms. The van der Waals surface area contributed by atoms with Crippen molar-refractivity contribution in [2.45, 2.75) is 39.4 Å². The molecule has 0 saturated carbocycles. The highest BCUT2D eigenvalue weighted by molar-refractivity contribution is 7.99. The van der Waals surface area contributed by atoms with Gasteiger partial charge in [-0.1, -0.05) is 11.8 Å². The zero-order valence-corrected chi connectivity index (χ0v) is 17.7. The van der Waals surface area contributed by atoms with Crippen LogP contribution in [0, 0.1) is 0 Å². The summed E-state index contributed by atoms with van der Waals surface area (Å²) in [5.41, 5.74) is 2.15.